The lowest BCUT2D eigenvalue weighted by atomic mass is 9.72. The zero-order valence-corrected chi connectivity index (χ0v) is 10.3. The molecule has 1 aromatic carbocycles. The van der Waals surface area contributed by atoms with E-state index in [0.717, 1.165) is 25.2 Å². The van der Waals surface area contributed by atoms with E-state index in [1.807, 2.05) is 24.3 Å². The molecule has 0 amide bonds. The molecule has 1 aromatic heterocycles. The highest BCUT2D eigenvalue weighted by molar-refractivity contribution is 5.43. The van der Waals surface area contributed by atoms with Crippen molar-refractivity contribution >= 4 is 0 Å². The molecule has 0 bridgehead atoms. The number of fused-ring (bicyclic) bond motifs is 1. The van der Waals surface area contributed by atoms with Crippen LogP contribution in [-0.4, -0.2) is 13.2 Å². The third-order valence-corrected chi connectivity index (χ3v) is 3.81. The van der Waals surface area contributed by atoms with Crippen molar-refractivity contribution in [3.63, 3.8) is 0 Å². The Morgan fingerprint density at radius 1 is 1.22 bits per heavy atom. The molecule has 1 unspecified atom stereocenters. The van der Waals surface area contributed by atoms with Crippen molar-refractivity contribution in [1.29, 1.82) is 0 Å². The van der Waals surface area contributed by atoms with E-state index in [1.165, 1.54) is 11.1 Å². The van der Waals surface area contributed by atoms with Crippen molar-refractivity contribution in [2.24, 2.45) is 5.73 Å². The molecule has 2 heterocycles. The number of nitrogens with two attached hydrogens (primary N) is 1. The van der Waals surface area contributed by atoms with E-state index in [1.54, 1.807) is 12.5 Å². The van der Waals surface area contributed by atoms with Gasteiger partial charge in [0.2, 0.25) is 0 Å². The number of benzene rings is 1. The maximum absolute atomic E-state index is 6.08. The van der Waals surface area contributed by atoms with Crippen LogP contribution in [0.1, 0.15) is 17.5 Å². The lowest BCUT2D eigenvalue weighted by molar-refractivity contribution is 0.215. The molecule has 0 radical (unpaired) electrons. The molecule has 2 N–H and O–H groups in total. The molecule has 1 aliphatic heterocycles. The molecule has 1 aliphatic rings. The second-order valence-corrected chi connectivity index (χ2v) is 4.89. The number of para-hydroxylation sites is 1. The third kappa shape index (κ3) is 1.81. The fourth-order valence-corrected chi connectivity index (χ4v) is 2.77. The van der Waals surface area contributed by atoms with Gasteiger partial charge in [0.15, 0.2) is 0 Å². The predicted molar refractivity (Wildman–Crippen MR) is 69.7 cm³/mol. The van der Waals surface area contributed by atoms with Gasteiger partial charge in [-0.1, -0.05) is 18.2 Å². The summed E-state index contributed by atoms with van der Waals surface area (Å²) in [5.74, 6) is 0.970. The van der Waals surface area contributed by atoms with Crippen LogP contribution in [0.25, 0.3) is 0 Å². The minimum atomic E-state index is -0.0291. The number of ether oxygens (including phenoxy) is 1. The molecule has 0 aliphatic carbocycles. The standard InChI is InChI=1S/C15H17NO2/c16-11-15(9-12-5-7-17-10-12)6-8-18-14-4-2-1-3-13(14)15/h1-5,7,10H,6,8-9,11,16H2. The van der Waals surface area contributed by atoms with Crippen LogP contribution in [0.5, 0.6) is 5.75 Å². The first-order valence-corrected chi connectivity index (χ1v) is 6.27. The summed E-state index contributed by atoms with van der Waals surface area (Å²) in [5.41, 5.74) is 8.47. The Morgan fingerprint density at radius 2 is 2.11 bits per heavy atom. The molecule has 1 atom stereocenters. The van der Waals surface area contributed by atoms with Crippen LogP contribution in [0.4, 0.5) is 0 Å². The van der Waals surface area contributed by atoms with Gasteiger partial charge in [-0.2, -0.15) is 0 Å². The van der Waals surface area contributed by atoms with Gasteiger partial charge in [-0.25, -0.2) is 0 Å². The van der Waals surface area contributed by atoms with Crippen LogP contribution >= 0.6 is 0 Å². The monoisotopic (exact) mass is 243 g/mol. The van der Waals surface area contributed by atoms with Crippen molar-refractivity contribution in [3.8, 4) is 5.75 Å². The van der Waals surface area contributed by atoms with E-state index in [-0.39, 0.29) is 5.41 Å². The summed E-state index contributed by atoms with van der Waals surface area (Å²) in [4.78, 5) is 0. The lowest BCUT2D eigenvalue weighted by Gasteiger charge is -2.38. The lowest BCUT2D eigenvalue weighted by Crippen LogP contribution is -2.41. The summed E-state index contributed by atoms with van der Waals surface area (Å²) in [5, 5.41) is 0. The van der Waals surface area contributed by atoms with E-state index in [9.17, 15) is 0 Å². The summed E-state index contributed by atoms with van der Waals surface area (Å²) in [6.45, 7) is 1.35. The third-order valence-electron chi connectivity index (χ3n) is 3.81. The molecular formula is C15H17NO2. The Kier molecular flexibility index (Phi) is 2.84. The van der Waals surface area contributed by atoms with Crippen molar-refractivity contribution in [1.82, 2.24) is 0 Å². The highest BCUT2D eigenvalue weighted by Gasteiger charge is 2.36. The predicted octanol–water partition coefficient (Wildman–Crippen LogP) is 2.50. The van der Waals surface area contributed by atoms with Crippen molar-refractivity contribution in [2.75, 3.05) is 13.2 Å². The summed E-state index contributed by atoms with van der Waals surface area (Å²) in [6.07, 6.45) is 5.37. The van der Waals surface area contributed by atoms with Crippen LogP contribution in [-0.2, 0) is 11.8 Å². The molecule has 18 heavy (non-hydrogen) atoms. The Hall–Kier alpha value is -1.74. The SMILES string of the molecule is NCC1(Cc2ccoc2)CCOc2ccccc21. The zero-order chi connectivity index (χ0) is 12.4. The first-order valence-electron chi connectivity index (χ1n) is 6.27. The largest absolute Gasteiger partial charge is 0.493 e. The van der Waals surface area contributed by atoms with Crippen LogP contribution < -0.4 is 10.5 Å². The van der Waals surface area contributed by atoms with E-state index < -0.39 is 0 Å². The Bertz CT molecular complexity index is 521. The minimum Gasteiger partial charge on any atom is -0.493 e. The van der Waals surface area contributed by atoms with Gasteiger partial charge in [-0.15, -0.1) is 0 Å². The molecule has 0 fully saturated rings. The van der Waals surface area contributed by atoms with Crippen LogP contribution in [0.3, 0.4) is 0 Å². The number of furan rings is 1. The van der Waals surface area contributed by atoms with Gasteiger partial charge in [0.1, 0.15) is 5.75 Å². The molecular weight excluding hydrogens is 226 g/mol. The molecule has 2 aromatic rings. The summed E-state index contributed by atoms with van der Waals surface area (Å²) < 4.78 is 10.9. The van der Waals surface area contributed by atoms with Gasteiger partial charge in [0, 0.05) is 17.5 Å². The first-order chi connectivity index (χ1) is 8.84. The van der Waals surface area contributed by atoms with Crippen LogP contribution in [0.2, 0.25) is 0 Å². The summed E-state index contributed by atoms with van der Waals surface area (Å²) >= 11 is 0. The quantitative estimate of drug-likeness (QED) is 0.901. The van der Waals surface area contributed by atoms with Gasteiger partial charge in [-0.05, 0) is 30.5 Å². The maximum atomic E-state index is 6.08. The van der Waals surface area contributed by atoms with Gasteiger partial charge >= 0.3 is 0 Å². The average molecular weight is 243 g/mol. The topological polar surface area (TPSA) is 48.4 Å². The number of hydrogen-bond acceptors (Lipinski definition) is 3. The van der Waals surface area contributed by atoms with E-state index in [2.05, 4.69) is 6.07 Å². The second-order valence-electron chi connectivity index (χ2n) is 4.89. The van der Waals surface area contributed by atoms with Crippen molar-refractivity contribution in [3.05, 3.63) is 54.0 Å². The van der Waals surface area contributed by atoms with Gasteiger partial charge in [0.25, 0.3) is 0 Å². The van der Waals surface area contributed by atoms with Gasteiger partial charge in [0.05, 0.1) is 19.1 Å². The van der Waals surface area contributed by atoms with Gasteiger partial charge in [-0.3, -0.25) is 0 Å². The molecule has 94 valence electrons. The maximum Gasteiger partial charge on any atom is 0.123 e. The number of hydrogen-bond donors (Lipinski definition) is 1. The molecule has 0 saturated heterocycles. The average Bonchev–Trinajstić information content (AvgIpc) is 2.92. The summed E-state index contributed by atoms with van der Waals surface area (Å²) in [6, 6.07) is 10.2. The van der Waals surface area contributed by atoms with Crippen molar-refractivity contribution < 1.29 is 9.15 Å². The minimum absolute atomic E-state index is 0.0291. The van der Waals surface area contributed by atoms with Crippen molar-refractivity contribution in [2.45, 2.75) is 18.3 Å². The number of rotatable bonds is 3. The Labute approximate surface area is 107 Å². The smallest absolute Gasteiger partial charge is 0.123 e. The van der Waals surface area contributed by atoms with E-state index in [0.29, 0.717) is 6.54 Å². The highest BCUT2D eigenvalue weighted by Crippen LogP contribution is 2.40. The van der Waals surface area contributed by atoms with Gasteiger partial charge < -0.3 is 14.9 Å². The first kappa shape index (κ1) is 11.4. The Morgan fingerprint density at radius 3 is 2.89 bits per heavy atom. The fraction of sp³-hybridized carbons (Fsp3) is 0.333. The molecule has 3 rings (SSSR count). The van der Waals surface area contributed by atoms with E-state index >= 15 is 0 Å². The summed E-state index contributed by atoms with van der Waals surface area (Å²) in [7, 11) is 0. The van der Waals surface area contributed by atoms with E-state index in [4.69, 9.17) is 14.9 Å². The fourth-order valence-electron chi connectivity index (χ4n) is 2.77. The molecule has 3 heteroatoms. The van der Waals surface area contributed by atoms with Crippen LogP contribution in [0.15, 0.2) is 47.3 Å². The highest BCUT2D eigenvalue weighted by atomic mass is 16.5. The molecule has 3 nitrogen and oxygen atoms in total. The molecule has 0 spiro atoms. The zero-order valence-electron chi connectivity index (χ0n) is 10.3. The van der Waals surface area contributed by atoms with Crippen LogP contribution in [0, 0.1) is 0 Å². The second kappa shape index (κ2) is 4.50. The Balaban J connectivity index is 2.02. The molecule has 0 saturated carbocycles. The normalized spacial score (nSPS) is 22.3.